The molecule has 1 aromatic heterocycles. The maximum absolute atomic E-state index is 13.4. The smallest absolute Gasteiger partial charge is 0.251 e. The Morgan fingerprint density at radius 1 is 1.21 bits per heavy atom. The van der Waals surface area contributed by atoms with Gasteiger partial charge in [0, 0.05) is 24.0 Å². The maximum Gasteiger partial charge on any atom is 0.251 e. The monoisotopic (exact) mass is 391 g/mol. The van der Waals surface area contributed by atoms with Crippen LogP contribution in [0.1, 0.15) is 18.5 Å². The molecule has 0 saturated carbocycles. The van der Waals surface area contributed by atoms with Gasteiger partial charge in [-0.05, 0) is 42.8 Å². The molecule has 148 valence electrons. The van der Waals surface area contributed by atoms with Crippen LogP contribution in [-0.4, -0.2) is 46.2 Å². The van der Waals surface area contributed by atoms with E-state index < -0.39 is 6.04 Å². The van der Waals surface area contributed by atoms with Crippen molar-refractivity contribution < 1.29 is 14.6 Å². The van der Waals surface area contributed by atoms with Gasteiger partial charge in [0.25, 0.3) is 5.91 Å². The average Bonchev–Trinajstić information content (AvgIpc) is 3.37. The van der Waals surface area contributed by atoms with Gasteiger partial charge in [0.15, 0.2) is 11.5 Å². The lowest BCUT2D eigenvalue weighted by molar-refractivity contribution is -0.119. The molecule has 2 atom stereocenters. The second kappa shape index (κ2) is 6.25. The summed E-state index contributed by atoms with van der Waals surface area (Å²) in [6, 6.07) is 10.2. The summed E-state index contributed by atoms with van der Waals surface area (Å²) in [6.07, 6.45) is 1.64. The van der Waals surface area contributed by atoms with Gasteiger partial charge in [0.1, 0.15) is 6.04 Å². The van der Waals surface area contributed by atoms with Crippen molar-refractivity contribution in [3.63, 3.8) is 0 Å². The fourth-order valence-corrected chi connectivity index (χ4v) is 4.27. The first-order valence-electron chi connectivity index (χ1n) is 9.33. The summed E-state index contributed by atoms with van der Waals surface area (Å²) in [5, 5.41) is 12.2. The Morgan fingerprint density at radius 2 is 2.03 bits per heavy atom. The van der Waals surface area contributed by atoms with Gasteiger partial charge in [-0.3, -0.25) is 9.69 Å². The first-order valence-corrected chi connectivity index (χ1v) is 9.33. The molecular weight excluding hydrogens is 370 g/mol. The minimum absolute atomic E-state index is 0.0390. The van der Waals surface area contributed by atoms with Gasteiger partial charge < -0.3 is 19.8 Å². The standard InChI is InChI=1S/C21H21N5O3/c1-11-18-19(24-25(11)2)21(28)26(13-5-6-14-15(9-13)23-10-22-14)20(18)12-4-7-17(29-3)16(27)8-12/h4-10,19-20,24,27H,1-3H3,(H,22,23). The summed E-state index contributed by atoms with van der Waals surface area (Å²) in [4.78, 5) is 22.6. The van der Waals surface area contributed by atoms with Crippen LogP contribution in [0.5, 0.6) is 11.5 Å². The SMILES string of the molecule is COc1ccc(C2C3=C(C)N(C)NC3C(=O)N2c2ccc3nc[nH]c3c2)cc1O. The molecule has 8 heteroatoms. The first-order chi connectivity index (χ1) is 14.0. The summed E-state index contributed by atoms with van der Waals surface area (Å²) in [5.41, 5.74) is 8.50. The fraction of sp³-hybridized carbons (Fsp3) is 0.238. The number of amides is 1. The molecule has 3 N–H and O–H groups in total. The number of aromatic hydroxyl groups is 1. The number of hydrazine groups is 1. The summed E-state index contributed by atoms with van der Waals surface area (Å²) in [6.45, 7) is 1.99. The quantitative estimate of drug-likeness (QED) is 0.635. The Kier molecular flexibility index (Phi) is 3.78. The molecule has 2 aromatic carbocycles. The Bertz CT molecular complexity index is 1170. The van der Waals surface area contributed by atoms with Crippen LogP contribution in [0.4, 0.5) is 5.69 Å². The van der Waals surface area contributed by atoms with Crippen molar-refractivity contribution in [3.8, 4) is 11.5 Å². The molecule has 5 rings (SSSR count). The molecule has 2 unspecified atom stereocenters. The van der Waals surface area contributed by atoms with E-state index in [4.69, 9.17) is 4.74 Å². The molecule has 1 saturated heterocycles. The van der Waals surface area contributed by atoms with Crippen LogP contribution in [0.15, 0.2) is 54.0 Å². The zero-order chi connectivity index (χ0) is 20.3. The number of aromatic amines is 1. The summed E-state index contributed by atoms with van der Waals surface area (Å²) in [7, 11) is 3.41. The van der Waals surface area contributed by atoms with Crippen LogP contribution < -0.4 is 15.1 Å². The molecule has 3 aromatic rings. The number of carbonyl (C=O) groups is 1. The molecule has 0 radical (unpaired) electrons. The third-order valence-electron chi connectivity index (χ3n) is 5.79. The lowest BCUT2D eigenvalue weighted by Gasteiger charge is -2.28. The number of nitrogens with zero attached hydrogens (tertiary/aromatic N) is 3. The number of methoxy groups -OCH3 is 1. The van der Waals surface area contributed by atoms with Crippen LogP contribution in [0.2, 0.25) is 0 Å². The Labute approximate surface area is 167 Å². The predicted octanol–water partition coefficient (Wildman–Crippen LogP) is 2.46. The second-order valence-corrected chi connectivity index (χ2v) is 7.31. The number of carbonyl (C=O) groups excluding carboxylic acids is 1. The van der Waals surface area contributed by atoms with E-state index in [0.29, 0.717) is 5.75 Å². The second-order valence-electron chi connectivity index (χ2n) is 7.31. The fourth-order valence-electron chi connectivity index (χ4n) is 4.27. The molecule has 2 aliphatic heterocycles. The molecule has 1 amide bonds. The number of phenols is 1. The van der Waals surface area contributed by atoms with Gasteiger partial charge >= 0.3 is 0 Å². The van der Waals surface area contributed by atoms with Crippen LogP contribution >= 0.6 is 0 Å². The van der Waals surface area contributed by atoms with E-state index in [1.807, 2.05) is 43.2 Å². The van der Waals surface area contributed by atoms with Crippen molar-refractivity contribution in [1.82, 2.24) is 20.4 Å². The number of anilines is 1. The normalized spacial score (nSPS) is 21.4. The van der Waals surface area contributed by atoms with Crippen LogP contribution in [-0.2, 0) is 4.79 Å². The minimum Gasteiger partial charge on any atom is -0.504 e. The third kappa shape index (κ3) is 2.49. The molecule has 29 heavy (non-hydrogen) atoms. The van der Waals surface area contributed by atoms with Crippen molar-refractivity contribution in [2.24, 2.45) is 0 Å². The minimum atomic E-state index is -0.438. The zero-order valence-corrected chi connectivity index (χ0v) is 16.3. The number of nitrogens with one attached hydrogen (secondary N) is 2. The summed E-state index contributed by atoms with van der Waals surface area (Å²) >= 11 is 0. The maximum atomic E-state index is 13.4. The Morgan fingerprint density at radius 3 is 2.79 bits per heavy atom. The number of allylic oxidation sites excluding steroid dienone is 1. The topological polar surface area (TPSA) is 93.7 Å². The van der Waals surface area contributed by atoms with Crippen molar-refractivity contribution in [3.05, 3.63) is 59.6 Å². The highest BCUT2D eigenvalue weighted by atomic mass is 16.5. The number of fused-ring (bicyclic) bond motifs is 2. The highest BCUT2D eigenvalue weighted by Gasteiger charge is 2.50. The third-order valence-corrected chi connectivity index (χ3v) is 5.79. The first kappa shape index (κ1) is 17.6. The van der Waals surface area contributed by atoms with E-state index in [0.717, 1.165) is 33.6 Å². The number of hydrogen-bond acceptors (Lipinski definition) is 6. The summed E-state index contributed by atoms with van der Waals surface area (Å²) < 4.78 is 5.19. The van der Waals surface area contributed by atoms with Crippen LogP contribution in [0.25, 0.3) is 11.0 Å². The van der Waals surface area contributed by atoms with E-state index >= 15 is 0 Å². The number of rotatable bonds is 3. The van der Waals surface area contributed by atoms with Gasteiger partial charge in [0.2, 0.25) is 0 Å². The number of imidazole rings is 1. The molecule has 0 aliphatic carbocycles. The molecule has 3 heterocycles. The lowest BCUT2D eigenvalue weighted by Crippen LogP contribution is -2.42. The van der Waals surface area contributed by atoms with Crippen molar-refractivity contribution in [1.29, 1.82) is 0 Å². The summed E-state index contributed by atoms with van der Waals surface area (Å²) in [5.74, 6) is 0.401. The van der Waals surface area contributed by atoms with Gasteiger partial charge in [-0.15, -0.1) is 0 Å². The molecule has 1 fully saturated rings. The van der Waals surface area contributed by atoms with Crippen molar-refractivity contribution >= 4 is 22.6 Å². The van der Waals surface area contributed by atoms with E-state index in [1.165, 1.54) is 7.11 Å². The largest absolute Gasteiger partial charge is 0.504 e. The van der Waals surface area contributed by atoms with Gasteiger partial charge in [-0.25, -0.2) is 10.4 Å². The number of H-pyrrole nitrogens is 1. The van der Waals surface area contributed by atoms with E-state index in [9.17, 15) is 9.90 Å². The Hall–Kier alpha value is -3.52. The van der Waals surface area contributed by atoms with Gasteiger partial charge in [0.05, 0.1) is 30.5 Å². The van der Waals surface area contributed by atoms with E-state index in [-0.39, 0.29) is 17.7 Å². The number of hydrogen-bond donors (Lipinski definition) is 3. The zero-order valence-electron chi connectivity index (χ0n) is 16.3. The Balaban J connectivity index is 1.69. The predicted molar refractivity (Wildman–Crippen MR) is 108 cm³/mol. The number of benzene rings is 2. The van der Waals surface area contributed by atoms with Gasteiger partial charge in [-0.1, -0.05) is 6.07 Å². The highest BCUT2D eigenvalue weighted by molar-refractivity contribution is 6.05. The van der Waals surface area contributed by atoms with E-state index in [1.54, 1.807) is 23.4 Å². The molecule has 0 bridgehead atoms. The van der Waals surface area contributed by atoms with Gasteiger partial charge in [-0.2, -0.15) is 0 Å². The molecule has 8 nitrogen and oxygen atoms in total. The highest BCUT2D eigenvalue weighted by Crippen LogP contribution is 2.46. The van der Waals surface area contributed by atoms with Crippen molar-refractivity contribution in [2.75, 3.05) is 19.1 Å². The van der Waals surface area contributed by atoms with Crippen molar-refractivity contribution in [2.45, 2.75) is 19.0 Å². The lowest BCUT2D eigenvalue weighted by atomic mass is 9.96. The van der Waals surface area contributed by atoms with Crippen LogP contribution in [0, 0.1) is 0 Å². The molecular formula is C21H21N5O3. The average molecular weight is 391 g/mol. The number of ether oxygens (including phenoxy) is 1. The number of phenolic OH excluding ortho intramolecular Hbond substituents is 1. The molecule has 2 aliphatic rings. The van der Waals surface area contributed by atoms with Crippen LogP contribution in [0.3, 0.4) is 0 Å². The molecule has 0 spiro atoms. The van der Waals surface area contributed by atoms with E-state index in [2.05, 4.69) is 15.4 Å². The number of aromatic nitrogens is 2.